The van der Waals surface area contributed by atoms with Gasteiger partial charge in [-0.3, -0.25) is 9.59 Å². The number of carbonyl (C=O) groups excluding carboxylic acids is 2. The first-order valence-corrected chi connectivity index (χ1v) is 9.33. The van der Waals surface area contributed by atoms with Gasteiger partial charge in [-0.1, -0.05) is 12.8 Å². The molecule has 0 bridgehead atoms. The Hall–Kier alpha value is -2.04. The average molecular weight is 342 g/mol. The maximum absolute atomic E-state index is 12.7. The summed E-state index contributed by atoms with van der Waals surface area (Å²) >= 11 is 0. The molecular weight excluding hydrogens is 316 g/mol. The lowest BCUT2D eigenvalue weighted by Crippen LogP contribution is -2.36. The molecule has 3 aliphatic rings. The van der Waals surface area contributed by atoms with Crippen LogP contribution >= 0.6 is 0 Å². The molecule has 1 aliphatic carbocycles. The van der Waals surface area contributed by atoms with Crippen molar-refractivity contribution in [2.45, 2.75) is 38.5 Å². The quantitative estimate of drug-likeness (QED) is 0.849. The minimum absolute atomic E-state index is 0.0642. The van der Waals surface area contributed by atoms with Gasteiger partial charge in [-0.2, -0.15) is 0 Å². The van der Waals surface area contributed by atoms with Crippen molar-refractivity contribution in [1.29, 1.82) is 0 Å². The molecule has 5 nitrogen and oxygen atoms in total. The Morgan fingerprint density at radius 1 is 1.16 bits per heavy atom. The van der Waals surface area contributed by atoms with Crippen LogP contribution in [-0.2, 0) is 9.59 Å². The van der Waals surface area contributed by atoms with Gasteiger partial charge in [0.2, 0.25) is 11.8 Å². The van der Waals surface area contributed by atoms with Gasteiger partial charge in [0.15, 0.2) is 0 Å². The van der Waals surface area contributed by atoms with Crippen LogP contribution in [0.2, 0.25) is 0 Å². The molecule has 1 saturated carbocycles. The van der Waals surface area contributed by atoms with Gasteiger partial charge in [0.05, 0.1) is 7.11 Å². The van der Waals surface area contributed by atoms with Crippen LogP contribution in [0.5, 0.6) is 5.75 Å². The third-order valence-corrected chi connectivity index (χ3v) is 6.16. The van der Waals surface area contributed by atoms with Crippen molar-refractivity contribution >= 4 is 17.5 Å². The first-order chi connectivity index (χ1) is 12.1. The fraction of sp³-hybridized carbons (Fsp3) is 0.600. The summed E-state index contributed by atoms with van der Waals surface area (Å²) in [7, 11) is 1.64. The molecule has 2 saturated heterocycles. The summed E-state index contributed by atoms with van der Waals surface area (Å²) in [6.45, 7) is 2.26. The van der Waals surface area contributed by atoms with Crippen LogP contribution in [0.4, 0.5) is 5.69 Å². The topological polar surface area (TPSA) is 49.9 Å². The van der Waals surface area contributed by atoms with Gasteiger partial charge in [-0.25, -0.2) is 0 Å². The lowest BCUT2D eigenvalue weighted by molar-refractivity contribution is -0.134. The maximum atomic E-state index is 12.7. The summed E-state index contributed by atoms with van der Waals surface area (Å²) in [6.07, 6.45) is 5.92. The standard InChI is InChI=1S/C20H26N2O3/c1-25-17-8-6-16(7-9-17)22-14-20(12-18(22)23)10-11-21(13-20)19(24)15-4-2-3-5-15/h6-9,15H,2-5,10-14H2,1H3/t20-/m1/s1. The Labute approximate surface area is 148 Å². The van der Waals surface area contributed by atoms with E-state index in [-0.39, 0.29) is 17.2 Å². The van der Waals surface area contributed by atoms with Gasteiger partial charge in [-0.15, -0.1) is 0 Å². The van der Waals surface area contributed by atoms with Gasteiger partial charge < -0.3 is 14.5 Å². The van der Waals surface area contributed by atoms with Crippen LogP contribution in [0.15, 0.2) is 24.3 Å². The first-order valence-electron chi connectivity index (χ1n) is 9.33. The number of nitrogens with zero attached hydrogens (tertiary/aromatic N) is 2. The van der Waals surface area contributed by atoms with Crippen LogP contribution in [0, 0.1) is 11.3 Å². The lowest BCUT2D eigenvalue weighted by Gasteiger charge is -2.25. The molecule has 5 heteroatoms. The molecule has 1 atom stereocenters. The molecular formula is C20H26N2O3. The van der Waals surface area contributed by atoms with Gasteiger partial charge in [-0.05, 0) is 43.5 Å². The average Bonchev–Trinajstić information content (AvgIpc) is 3.36. The molecule has 0 N–H and O–H groups in total. The third-order valence-electron chi connectivity index (χ3n) is 6.16. The van der Waals surface area contributed by atoms with E-state index in [1.54, 1.807) is 7.11 Å². The van der Waals surface area contributed by atoms with Crippen LogP contribution in [0.3, 0.4) is 0 Å². The number of hydrogen-bond donors (Lipinski definition) is 0. The van der Waals surface area contributed by atoms with E-state index in [1.807, 2.05) is 34.1 Å². The molecule has 2 amide bonds. The molecule has 1 spiro atoms. The number of rotatable bonds is 3. The second kappa shape index (κ2) is 6.36. The number of methoxy groups -OCH3 is 1. The van der Waals surface area contributed by atoms with Crippen LogP contribution in [-0.4, -0.2) is 43.5 Å². The monoisotopic (exact) mass is 342 g/mol. The number of ether oxygens (including phenoxy) is 1. The van der Waals surface area contributed by atoms with E-state index in [9.17, 15) is 9.59 Å². The fourth-order valence-corrected chi connectivity index (χ4v) is 4.72. The first kappa shape index (κ1) is 16.4. The molecule has 25 heavy (non-hydrogen) atoms. The third kappa shape index (κ3) is 3.00. The van der Waals surface area contributed by atoms with Crippen molar-refractivity contribution in [3.05, 3.63) is 24.3 Å². The fourth-order valence-electron chi connectivity index (χ4n) is 4.72. The molecule has 4 rings (SSSR count). The highest BCUT2D eigenvalue weighted by atomic mass is 16.5. The molecule has 0 aromatic heterocycles. The summed E-state index contributed by atoms with van der Waals surface area (Å²) in [5, 5.41) is 0. The molecule has 0 unspecified atom stereocenters. The van der Waals surface area contributed by atoms with Gasteiger partial charge in [0, 0.05) is 43.1 Å². The van der Waals surface area contributed by atoms with E-state index < -0.39 is 0 Å². The van der Waals surface area contributed by atoms with Gasteiger partial charge in [0.25, 0.3) is 0 Å². The summed E-state index contributed by atoms with van der Waals surface area (Å²) in [5.41, 5.74) is 0.855. The number of anilines is 1. The van der Waals surface area contributed by atoms with Crippen molar-refractivity contribution in [2.75, 3.05) is 31.6 Å². The molecule has 1 aromatic carbocycles. The number of benzene rings is 1. The molecule has 3 fully saturated rings. The lowest BCUT2D eigenvalue weighted by atomic mass is 9.86. The van der Waals surface area contributed by atoms with E-state index in [0.29, 0.717) is 18.9 Å². The van der Waals surface area contributed by atoms with Crippen molar-refractivity contribution in [3.8, 4) is 5.75 Å². The minimum atomic E-state index is -0.0642. The van der Waals surface area contributed by atoms with E-state index in [1.165, 1.54) is 12.8 Å². The number of hydrogen-bond acceptors (Lipinski definition) is 3. The van der Waals surface area contributed by atoms with Crippen molar-refractivity contribution in [2.24, 2.45) is 11.3 Å². The second-order valence-corrected chi connectivity index (χ2v) is 7.85. The van der Waals surface area contributed by atoms with Crippen molar-refractivity contribution in [3.63, 3.8) is 0 Å². The molecule has 1 aromatic rings. The van der Waals surface area contributed by atoms with E-state index >= 15 is 0 Å². The van der Waals surface area contributed by atoms with Crippen LogP contribution < -0.4 is 9.64 Å². The molecule has 2 heterocycles. The number of carbonyl (C=O) groups is 2. The Morgan fingerprint density at radius 2 is 1.88 bits per heavy atom. The van der Waals surface area contributed by atoms with Crippen molar-refractivity contribution < 1.29 is 14.3 Å². The Balaban J connectivity index is 1.45. The Bertz CT molecular complexity index is 666. The van der Waals surface area contributed by atoms with Gasteiger partial charge >= 0.3 is 0 Å². The predicted molar refractivity (Wildman–Crippen MR) is 95.6 cm³/mol. The highest BCUT2D eigenvalue weighted by Gasteiger charge is 2.49. The van der Waals surface area contributed by atoms with E-state index in [0.717, 1.165) is 43.8 Å². The number of likely N-dealkylation sites (tertiary alicyclic amines) is 1. The number of amides is 2. The zero-order chi connectivity index (χ0) is 17.4. The predicted octanol–water partition coefficient (Wildman–Crippen LogP) is 2.84. The zero-order valence-corrected chi connectivity index (χ0v) is 14.9. The van der Waals surface area contributed by atoms with Crippen LogP contribution in [0.25, 0.3) is 0 Å². The highest BCUT2D eigenvalue weighted by molar-refractivity contribution is 5.96. The molecule has 2 aliphatic heterocycles. The van der Waals surface area contributed by atoms with Crippen LogP contribution in [0.1, 0.15) is 38.5 Å². The van der Waals surface area contributed by atoms with E-state index in [2.05, 4.69) is 0 Å². The Kier molecular flexibility index (Phi) is 4.18. The normalized spacial score (nSPS) is 26.8. The second-order valence-electron chi connectivity index (χ2n) is 7.85. The maximum Gasteiger partial charge on any atom is 0.227 e. The summed E-state index contributed by atoms with van der Waals surface area (Å²) in [6, 6.07) is 7.65. The summed E-state index contributed by atoms with van der Waals surface area (Å²) < 4.78 is 5.19. The smallest absolute Gasteiger partial charge is 0.227 e. The largest absolute Gasteiger partial charge is 0.497 e. The molecule has 134 valence electrons. The van der Waals surface area contributed by atoms with E-state index in [4.69, 9.17) is 4.74 Å². The highest BCUT2D eigenvalue weighted by Crippen LogP contribution is 2.43. The zero-order valence-electron chi connectivity index (χ0n) is 14.9. The van der Waals surface area contributed by atoms with Gasteiger partial charge in [0.1, 0.15) is 5.75 Å². The summed E-state index contributed by atoms with van der Waals surface area (Å²) in [4.78, 5) is 29.2. The molecule has 0 radical (unpaired) electrons. The van der Waals surface area contributed by atoms with Crippen molar-refractivity contribution in [1.82, 2.24) is 4.90 Å². The minimum Gasteiger partial charge on any atom is -0.497 e. The SMILES string of the molecule is COc1ccc(N2C[C@]3(CCN(C(=O)C4CCCC4)C3)CC2=O)cc1. The Morgan fingerprint density at radius 3 is 2.56 bits per heavy atom. The summed E-state index contributed by atoms with van der Waals surface area (Å²) in [5.74, 6) is 1.51.